The van der Waals surface area contributed by atoms with Gasteiger partial charge in [-0.25, -0.2) is 0 Å². The van der Waals surface area contributed by atoms with Crippen molar-refractivity contribution in [3.63, 3.8) is 0 Å². The zero-order chi connectivity index (χ0) is 12.3. The Morgan fingerprint density at radius 1 is 1.18 bits per heavy atom. The number of hydrogen-bond acceptors (Lipinski definition) is 3. The normalized spacial score (nSPS) is 16.7. The van der Waals surface area contributed by atoms with Gasteiger partial charge in [-0.3, -0.25) is 4.79 Å². The van der Waals surface area contributed by atoms with E-state index in [2.05, 4.69) is 5.32 Å². The van der Waals surface area contributed by atoms with Crippen LogP contribution >= 0.6 is 0 Å². The predicted molar refractivity (Wildman–Crippen MR) is 64.1 cm³/mol. The highest BCUT2D eigenvalue weighted by Gasteiger charge is 2.18. The fraction of sp³-hybridized carbons (Fsp3) is 0.462. The number of rotatable bonds is 2. The van der Waals surface area contributed by atoms with Gasteiger partial charge in [-0.1, -0.05) is 19.3 Å². The maximum absolute atomic E-state index is 11.9. The quantitative estimate of drug-likeness (QED) is 0.735. The Hall–Kier alpha value is -1.71. The van der Waals surface area contributed by atoms with Gasteiger partial charge in [0.1, 0.15) is 11.5 Å². The third-order valence-corrected chi connectivity index (χ3v) is 3.17. The van der Waals surface area contributed by atoms with E-state index in [9.17, 15) is 9.90 Å². The second-order valence-electron chi connectivity index (χ2n) is 4.51. The standard InChI is InChI=1S/C13H17NO3/c15-10-6-7-11(12(16)8-10)13(17)14-9-4-2-1-3-5-9/h6-9,15-16H,1-5H2,(H,14,17). The minimum Gasteiger partial charge on any atom is -0.508 e. The van der Waals surface area contributed by atoms with E-state index < -0.39 is 0 Å². The van der Waals surface area contributed by atoms with E-state index in [-0.39, 0.29) is 29.0 Å². The number of carbonyl (C=O) groups excluding carboxylic acids is 1. The van der Waals surface area contributed by atoms with Crippen molar-refractivity contribution < 1.29 is 15.0 Å². The van der Waals surface area contributed by atoms with Gasteiger partial charge in [0.15, 0.2) is 0 Å². The molecule has 0 aliphatic heterocycles. The Bertz CT molecular complexity index is 411. The molecule has 3 N–H and O–H groups in total. The maximum atomic E-state index is 11.9. The van der Waals surface area contributed by atoms with Crippen LogP contribution in [0.5, 0.6) is 11.5 Å². The topological polar surface area (TPSA) is 69.6 Å². The molecule has 4 nitrogen and oxygen atoms in total. The number of benzene rings is 1. The third kappa shape index (κ3) is 2.90. The van der Waals surface area contributed by atoms with E-state index >= 15 is 0 Å². The molecule has 0 heterocycles. The van der Waals surface area contributed by atoms with Crippen molar-refractivity contribution in [2.75, 3.05) is 0 Å². The molecular weight excluding hydrogens is 218 g/mol. The van der Waals surface area contributed by atoms with Gasteiger partial charge < -0.3 is 15.5 Å². The van der Waals surface area contributed by atoms with E-state index in [1.165, 1.54) is 24.6 Å². The first kappa shape index (κ1) is 11.8. The molecule has 2 rings (SSSR count). The Morgan fingerprint density at radius 3 is 2.53 bits per heavy atom. The Morgan fingerprint density at radius 2 is 1.88 bits per heavy atom. The van der Waals surface area contributed by atoms with Crippen molar-refractivity contribution in [3.8, 4) is 11.5 Å². The summed E-state index contributed by atoms with van der Waals surface area (Å²) in [5, 5.41) is 21.6. The van der Waals surface area contributed by atoms with Crippen molar-refractivity contribution in [2.45, 2.75) is 38.1 Å². The van der Waals surface area contributed by atoms with Crippen LogP contribution in [0.25, 0.3) is 0 Å². The van der Waals surface area contributed by atoms with Crippen LogP contribution in [0.1, 0.15) is 42.5 Å². The number of phenols is 2. The summed E-state index contributed by atoms with van der Waals surface area (Å²) >= 11 is 0. The van der Waals surface area contributed by atoms with Crippen LogP contribution in [0.2, 0.25) is 0 Å². The number of phenolic OH excluding ortho intramolecular Hbond substituents is 2. The van der Waals surface area contributed by atoms with Gasteiger partial charge in [0.05, 0.1) is 5.56 Å². The van der Waals surface area contributed by atoms with Gasteiger partial charge in [-0.15, -0.1) is 0 Å². The molecule has 92 valence electrons. The zero-order valence-electron chi connectivity index (χ0n) is 9.65. The highest BCUT2D eigenvalue weighted by Crippen LogP contribution is 2.23. The predicted octanol–water partition coefficient (Wildman–Crippen LogP) is 2.16. The molecule has 1 aromatic carbocycles. The first-order chi connectivity index (χ1) is 8.16. The molecule has 1 aromatic rings. The summed E-state index contributed by atoms with van der Waals surface area (Å²) in [4.78, 5) is 11.9. The summed E-state index contributed by atoms with van der Waals surface area (Å²) in [5.74, 6) is -0.496. The van der Waals surface area contributed by atoms with Crippen molar-refractivity contribution in [2.24, 2.45) is 0 Å². The second kappa shape index (κ2) is 5.08. The lowest BCUT2D eigenvalue weighted by Gasteiger charge is -2.22. The summed E-state index contributed by atoms with van der Waals surface area (Å²) in [6.07, 6.45) is 5.53. The smallest absolute Gasteiger partial charge is 0.255 e. The number of hydrogen-bond donors (Lipinski definition) is 3. The van der Waals surface area contributed by atoms with E-state index in [0.29, 0.717) is 0 Å². The Balaban J connectivity index is 2.03. The molecule has 1 aliphatic rings. The first-order valence-electron chi connectivity index (χ1n) is 5.99. The maximum Gasteiger partial charge on any atom is 0.255 e. The summed E-state index contributed by atoms with van der Waals surface area (Å²) in [5.41, 5.74) is 0.216. The molecule has 0 saturated heterocycles. The number of nitrogens with one attached hydrogen (secondary N) is 1. The lowest BCUT2D eigenvalue weighted by atomic mass is 9.95. The molecule has 0 atom stereocenters. The average Bonchev–Trinajstić information content (AvgIpc) is 2.30. The number of carbonyl (C=O) groups is 1. The molecule has 17 heavy (non-hydrogen) atoms. The molecule has 1 fully saturated rings. The third-order valence-electron chi connectivity index (χ3n) is 3.17. The van der Waals surface area contributed by atoms with E-state index in [4.69, 9.17) is 5.11 Å². The van der Waals surface area contributed by atoms with Crippen LogP contribution in [-0.2, 0) is 0 Å². The summed E-state index contributed by atoms with van der Waals surface area (Å²) in [7, 11) is 0. The monoisotopic (exact) mass is 235 g/mol. The minimum atomic E-state index is -0.269. The lowest BCUT2D eigenvalue weighted by Crippen LogP contribution is -2.36. The molecule has 0 radical (unpaired) electrons. The van der Waals surface area contributed by atoms with Gasteiger partial charge in [-0.05, 0) is 25.0 Å². The Kier molecular flexibility index (Phi) is 3.52. The molecule has 0 spiro atoms. The van der Waals surface area contributed by atoms with Crippen LogP contribution in [0, 0.1) is 0 Å². The van der Waals surface area contributed by atoms with Crippen molar-refractivity contribution in [1.82, 2.24) is 5.32 Å². The van der Waals surface area contributed by atoms with Gasteiger partial charge in [0.25, 0.3) is 5.91 Å². The number of aromatic hydroxyl groups is 2. The van der Waals surface area contributed by atoms with E-state index in [1.807, 2.05) is 0 Å². The highest BCUT2D eigenvalue weighted by molar-refractivity contribution is 5.97. The molecule has 0 bridgehead atoms. The first-order valence-corrected chi connectivity index (χ1v) is 5.99. The van der Waals surface area contributed by atoms with Gasteiger partial charge in [0, 0.05) is 12.1 Å². The van der Waals surface area contributed by atoms with Crippen LogP contribution in [0.3, 0.4) is 0 Å². The fourth-order valence-corrected chi connectivity index (χ4v) is 2.22. The largest absolute Gasteiger partial charge is 0.508 e. The van der Waals surface area contributed by atoms with Crippen LogP contribution in [0.4, 0.5) is 0 Å². The molecule has 1 amide bonds. The fourth-order valence-electron chi connectivity index (χ4n) is 2.22. The SMILES string of the molecule is O=C(NC1CCCCC1)c1ccc(O)cc1O. The second-order valence-corrected chi connectivity index (χ2v) is 4.51. The molecule has 0 unspecified atom stereocenters. The minimum absolute atomic E-state index is 0.0447. The average molecular weight is 235 g/mol. The molecule has 1 aliphatic carbocycles. The van der Waals surface area contributed by atoms with Crippen molar-refractivity contribution in [3.05, 3.63) is 23.8 Å². The van der Waals surface area contributed by atoms with Crippen LogP contribution in [0.15, 0.2) is 18.2 Å². The number of amides is 1. The van der Waals surface area contributed by atoms with Crippen molar-refractivity contribution in [1.29, 1.82) is 0 Å². The molecule has 4 heteroatoms. The molecule has 0 aromatic heterocycles. The molecule has 1 saturated carbocycles. The van der Waals surface area contributed by atoms with Crippen molar-refractivity contribution >= 4 is 5.91 Å². The zero-order valence-corrected chi connectivity index (χ0v) is 9.65. The lowest BCUT2D eigenvalue weighted by molar-refractivity contribution is 0.0925. The van der Waals surface area contributed by atoms with Gasteiger partial charge >= 0.3 is 0 Å². The summed E-state index contributed by atoms with van der Waals surface area (Å²) < 4.78 is 0. The van der Waals surface area contributed by atoms with E-state index in [0.717, 1.165) is 25.7 Å². The Labute approximate surface area is 100 Å². The summed E-state index contributed by atoms with van der Waals surface area (Å²) in [6.45, 7) is 0. The summed E-state index contributed by atoms with van der Waals surface area (Å²) in [6, 6.07) is 4.22. The van der Waals surface area contributed by atoms with Gasteiger partial charge in [-0.2, -0.15) is 0 Å². The van der Waals surface area contributed by atoms with E-state index in [1.54, 1.807) is 0 Å². The molecular formula is C13H17NO3. The highest BCUT2D eigenvalue weighted by atomic mass is 16.3. The van der Waals surface area contributed by atoms with Crippen LogP contribution < -0.4 is 5.32 Å². The van der Waals surface area contributed by atoms with Crippen LogP contribution in [-0.4, -0.2) is 22.2 Å². The van der Waals surface area contributed by atoms with Gasteiger partial charge in [0.2, 0.25) is 0 Å².